The predicted octanol–water partition coefficient (Wildman–Crippen LogP) is 11.0. The molecule has 0 aliphatic rings. The fourth-order valence-corrected chi connectivity index (χ4v) is 7.63. The third-order valence-corrected chi connectivity index (χ3v) is 9.40. The number of aromatic nitrogens is 3. The van der Waals surface area contributed by atoms with Crippen molar-refractivity contribution in [2.24, 2.45) is 0 Å². The van der Waals surface area contributed by atoms with E-state index in [2.05, 4.69) is 177 Å². The van der Waals surface area contributed by atoms with Gasteiger partial charge in [-0.1, -0.05) is 109 Å². The first-order chi connectivity index (χ1) is 22.4. The molecule has 210 valence electrons. The summed E-state index contributed by atoms with van der Waals surface area (Å²) in [6.45, 7) is 0. The van der Waals surface area contributed by atoms with E-state index in [-0.39, 0.29) is 0 Å². The van der Waals surface area contributed by atoms with E-state index in [1.54, 1.807) is 0 Å². The van der Waals surface area contributed by atoms with Gasteiger partial charge in [0.2, 0.25) is 0 Å². The molecule has 0 saturated heterocycles. The summed E-state index contributed by atoms with van der Waals surface area (Å²) in [5, 5.41) is 7.48. The van der Waals surface area contributed by atoms with Gasteiger partial charge in [-0.25, -0.2) is 0 Å². The molecule has 3 aromatic heterocycles. The molecule has 0 bridgehead atoms. The largest absolute Gasteiger partial charge is 0.309 e. The highest BCUT2D eigenvalue weighted by atomic mass is 15.1. The van der Waals surface area contributed by atoms with Crippen molar-refractivity contribution in [2.75, 3.05) is 0 Å². The Labute approximate surface area is 259 Å². The molecule has 0 unspecified atom stereocenters. The fraction of sp³-hybridized carbons (Fsp3) is 0. The molecular formula is C42H27N3. The number of para-hydroxylation sites is 6. The highest BCUT2D eigenvalue weighted by Crippen LogP contribution is 2.46. The van der Waals surface area contributed by atoms with Crippen molar-refractivity contribution in [3.63, 3.8) is 0 Å². The van der Waals surface area contributed by atoms with Crippen LogP contribution in [0.1, 0.15) is 0 Å². The van der Waals surface area contributed by atoms with Crippen LogP contribution in [0, 0.1) is 0 Å². The van der Waals surface area contributed by atoms with Crippen molar-refractivity contribution in [3.8, 4) is 17.1 Å². The van der Waals surface area contributed by atoms with E-state index >= 15 is 0 Å². The minimum atomic E-state index is 1.15. The Morgan fingerprint density at radius 2 is 0.667 bits per heavy atom. The third kappa shape index (κ3) is 3.30. The lowest BCUT2D eigenvalue weighted by Crippen LogP contribution is -2.00. The van der Waals surface area contributed by atoms with Gasteiger partial charge >= 0.3 is 0 Å². The molecule has 10 rings (SSSR count). The van der Waals surface area contributed by atoms with E-state index in [1.807, 2.05) is 0 Å². The smallest absolute Gasteiger partial charge is 0.0810 e. The normalized spacial score (nSPS) is 12.0. The Morgan fingerprint density at radius 3 is 1.20 bits per heavy atom. The van der Waals surface area contributed by atoms with Crippen molar-refractivity contribution < 1.29 is 0 Å². The van der Waals surface area contributed by atoms with Crippen LogP contribution in [-0.4, -0.2) is 13.7 Å². The Hall–Kier alpha value is -6.06. The van der Waals surface area contributed by atoms with Gasteiger partial charge in [0.15, 0.2) is 0 Å². The molecule has 3 heteroatoms. The van der Waals surface area contributed by atoms with Gasteiger partial charge in [-0.15, -0.1) is 0 Å². The molecule has 0 radical (unpaired) electrons. The van der Waals surface area contributed by atoms with Crippen LogP contribution in [0.5, 0.6) is 0 Å². The standard InChI is InChI=1S/C42H27N3/c1-3-15-28(16-4-1)43-35-23-11-9-21-32(35)34-27-39(45-36-24-12-7-19-30(36)31-20-8-13-25-37(31)45)40-33-22-10-14-26-38(33)44(42(40)41(34)43)29-17-5-2-6-18-29/h1-27H. The number of rotatable bonds is 3. The average Bonchev–Trinajstić information content (AvgIpc) is 3.75. The second kappa shape index (κ2) is 9.22. The molecule has 0 atom stereocenters. The number of hydrogen-bond acceptors (Lipinski definition) is 0. The molecule has 7 aromatic carbocycles. The van der Waals surface area contributed by atoms with Crippen LogP contribution >= 0.6 is 0 Å². The zero-order chi connectivity index (χ0) is 29.5. The zero-order valence-corrected chi connectivity index (χ0v) is 24.4. The minimum absolute atomic E-state index is 1.15. The Morgan fingerprint density at radius 1 is 0.289 bits per heavy atom. The molecule has 3 nitrogen and oxygen atoms in total. The van der Waals surface area contributed by atoms with E-state index in [9.17, 15) is 0 Å². The van der Waals surface area contributed by atoms with Crippen LogP contribution in [-0.2, 0) is 0 Å². The van der Waals surface area contributed by atoms with E-state index in [1.165, 1.54) is 71.1 Å². The minimum Gasteiger partial charge on any atom is -0.309 e. The molecule has 0 aliphatic carbocycles. The summed E-state index contributed by atoms with van der Waals surface area (Å²) in [6, 6.07) is 59.4. The fourth-order valence-electron chi connectivity index (χ4n) is 7.63. The summed E-state index contributed by atoms with van der Waals surface area (Å²) in [5.74, 6) is 0. The predicted molar refractivity (Wildman–Crippen MR) is 189 cm³/mol. The first-order valence-electron chi connectivity index (χ1n) is 15.5. The maximum atomic E-state index is 2.49. The van der Waals surface area contributed by atoms with Crippen molar-refractivity contribution in [3.05, 3.63) is 164 Å². The highest BCUT2D eigenvalue weighted by molar-refractivity contribution is 6.27. The number of hydrogen-bond donors (Lipinski definition) is 0. The number of benzene rings is 7. The topological polar surface area (TPSA) is 14.8 Å². The van der Waals surface area contributed by atoms with E-state index in [4.69, 9.17) is 0 Å². The Balaban J connectivity index is 1.54. The van der Waals surface area contributed by atoms with Crippen LogP contribution in [0.4, 0.5) is 0 Å². The second-order valence-electron chi connectivity index (χ2n) is 11.8. The summed E-state index contributed by atoms with van der Waals surface area (Å²) in [4.78, 5) is 0. The van der Waals surface area contributed by atoms with Gasteiger partial charge in [0.05, 0.1) is 38.8 Å². The van der Waals surface area contributed by atoms with Crippen molar-refractivity contribution in [2.45, 2.75) is 0 Å². The van der Waals surface area contributed by atoms with Crippen LogP contribution in [0.3, 0.4) is 0 Å². The van der Waals surface area contributed by atoms with Crippen LogP contribution in [0.2, 0.25) is 0 Å². The van der Waals surface area contributed by atoms with Gasteiger partial charge in [-0.2, -0.15) is 0 Å². The van der Waals surface area contributed by atoms with Crippen LogP contribution in [0.25, 0.3) is 82.5 Å². The lowest BCUT2D eigenvalue weighted by Gasteiger charge is -2.15. The second-order valence-corrected chi connectivity index (χ2v) is 11.8. The van der Waals surface area contributed by atoms with E-state index in [0.717, 1.165) is 11.4 Å². The Kier molecular flexibility index (Phi) is 5.00. The maximum absolute atomic E-state index is 2.49. The lowest BCUT2D eigenvalue weighted by molar-refractivity contribution is 1.14. The van der Waals surface area contributed by atoms with E-state index < -0.39 is 0 Å². The summed E-state index contributed by atoms with van der Waals surface area (Å²) < 4.78 is 7.42. The quantitative estimate of drug-likeness (QED) is 0.200. The van der Waals surface area contributed by atoms with Crippen LogP contribution < -0.4 is 0 Å². The van der Waals surface area contributed by atoms with Crippen molar-refractivity contribution in [1.82, 2.24) is 13.7 Å². The van der Waals surface area contributed by atoms with Crippen molar-refractivity contribution in [1.29, 1.82) is 0 Å². The highest BCUT2D eigenvalue weighted by Gasteiger charge is 2.25. The van der Waals surface area contributed by atoms with Gasteiger partial charge in [0.25, 0.3) is 0 Å². The molecular weight excluding hydrogens is 546 g/mol. The monoisotopic (exact) mass is 573 g/mol. The summed E-state index contributed by atoms with van der Waals surface area (Å²) in [6.07, 6.45) is 0. The molecule has 0 aliphatic heterocycles. The van der Waals surface area contributed by atoms with Gasteiger partial charge in [-0.3, -0.25) is 0 Å². The summed E-state index contributed by atoms with van der Waals surface area (Å²) >= 11 is 0. The molecule has 0 saturated carbocycles. The van der Waals surface area contributed by atoms with Gasteiger partial charge in [0, 0.05) is 43.7 Å². The van der Waals surface area contributed by atoms with Gasteiger partial charge in [0.1, 0.15) is 0 Å². The molecule has 0 fully saturated rings. The molecule has 3 heterocycles. The molecule has 10 aromatic rings. The number of nitrogens with zero attached hydrogens (tertiary/aromatic N) is 3. The summed E-state index contributed by atoms with van der Waals surface area (Å²) in [5.41, 5.74) is 10.7. The van der Waals surface area contributed by atoms with E-state index in [0.29, 0.717) is 0 Å². The number of fused-ring (bicyclic) bond motifs is 10. The van der Waals surface area contributed by atoms with Crippen LogP contribution in [0.15, 0.2) is 164 Å². The van der Waals surface area contributed by atoms with Crippen molar-refractivity contribution >= 4 is 65.4 Å². The molecule has 45 heavy (non-hydrogen) atoms. The maximum Gasteiger partial charge on any atom is 0.0810 e. The molecule has 0 amide bonds. The zero-order valence-electron chi connectivity index (χ0n) is 24.4. The SMILES string of the molecule is c1ccc(-n2c3ccccc3c3cc(-n4c5ccccc5c5ccccc54)c4c5ccccc5n(-c5ccccc5)c4c32)cc1. The summed E-state index contributed by atoms with van der Waals surface area (Å²) in [7, 11) is 0. The molecule has 0 spiro atoms. The first-order valence-corrected chi connectivity index (χ1v) is 15.5. The third-order valence-electron chi connectivity index (χ3n) is 9.40. The molecule has 0 N–H and O–H groups in total. The lowest BCUT2D eigenvalue weighted by atomic mass is 10.1. The Bertz CT molecular complexity index is 2690. The average molecular weight is 574 g/mol. The van der Waals surface area contributed by atoms with Gasteiger partial charge in [-0.05, 0) is 54.6 Å². The van der Waals surface area contributed by atoms with Gasteiger partial charge < -0.3 is 13.7 Å². The first kappa shape index (κ1) is 24.4.